The minimum atomic E-state index is -2.53. The zero-order chi connectivity index (χ0) is 13.1. The average molecular weight is 263 g/mol. The van der Waals surface area contributed by atoms with Crippen LogP contribution in [-0.4, -0.2) is 4.86 Å². The third kappa shape index (κ3) is 2.54. The second kappa shape index (κ2) is 5.23. The first kappa shape index (κ1) is 12.6. The van der Waals surface area contributed by atoms with E-state index < -0.39 is 6.43 Å². The molecule has 0 saturated carbocycles. The van der Waals surface area contributed by atoms with E-state index in [-0.39, 0.29) is 5.56 Å². The van der Waals surface area contributed by atoms with Crippen molar-refractivity contribution in [2.45, 2.75) is 6.43 Å². The van der Waals surface area contributed by atoms with Crippen LogP contribution < -0.4 is 5.73 Å². The molecule has 92 valence electrons. The van der Waals surface area contributed by atoms with Crippen molar-refractivity contribution in [3.63, 3.8) is 0 Å². The molecule has 0 amide bonds. The van der Waals surface area contributed by atoms with E-state index in [0.717, 1.165) is 5.56 Å². The Hall–Kier alpha value is -1.81. The van der Waals surface area contributed by atoms with E-state index in [2.05, 4.69) is 0 Å². The lowest BCUT2D eigenvalue weighted by Gasteiger charge is -2.10. The fourth-order valence-corrected chi connectivity index (χ4v) is 1.96. The van der Waals surface area contributed by atoms with Crippen LogP contribution in [0.25, 0.3) is 0 Å². The molecule has 0 bridgehead atoms. The number of nitrogen functional groups attached to an aromatic ring is 1. The summed E-state index contributed by atoms with van der Waals surface area (Å²) in [6.07, 6.45) is -2.53. The van der Waals surface area contributed by atoms with Crippen LogP contribution in [0.1, 0.15) is 23.1 Å². The van der Waals surface area contributed by atoms with Gasteiger partial charge in [0.1, 0.15) is 0 Å². The smallest absolute Gasteiger partial charge is 0.263 e. The number of halogens is 2. The maximum atomic E-state index is 12.7. The molecule has 0 atom stereocenters. The minimum absolute atomic E-state index is 0.0718. The highest BCUT2D eigenvalue weighted by molar-refractivity contribution is 7.81. The normalized spacial score (nSPS) is 10.6. The van der Waals surface area contributed by atoms with Gasteiger partial charge >= 0.3 is 0 Å². The van der Waals surface area contributed by atoms with Gasteiger partial charge < -0.3 is 5.73 Å². The first-order valence-corrected chi connectivity index (χ1v) is 5.77. The topological polar surface area (TPSA) is 26.0 Å². The van der Waals surface area contributed by atoms with Gasteiger partial charge in [-0.05, 0) is 17.7 Å². The van der Waals surface area contributed by atoms with Gasteiger partial charge in [0, 0.05) is 16.8 Å². The number of nitrogens with two attached hydrogens (primary N) is 1. The lowest BCUT2D eigenvalue weighted by Crippen LogP contribution is -2.05. The molecule has 4 heteroatoms. The molecular weight excluding hydrogens is 252 g/mol. The summed E-state index contributed by atoms with van der Waals surface area (Å²) >= 11 is 5.30. The standard InChI is InChI=1S/C14H11F2NS/c15-14(16)10-6-7-12(17)11(8-10)13(18)9-4-2-1-3-5-9/h1-8,14H,17H2. The highest BCUT2D eigenvalue weighted by Gasteiger charge is 2.13. The molecule has 0 heterocycles. The van der Waals surface area contributed by atoms with Gasteiger partial charge in [-0.1, -0.05) is 48.6 Å². The summed E-state index contributed by atoms with van der Waals surface area (Å²) in [7, 11) is 0. The largest absolute Gasteiger partial charge is 0.398 e. The molecule has 0 unspecified atom stereocenters. The van der Waals surface area contributed by atoms with Gasteiger partial charge in [-0.25, -0.2) is 8.78 Å². The molecule has 0 radical (unpaired) electrons. The Balaban J connectivity index is 2.45. The van der Waals surface area contributed by atoms with Crippen molar-refractivity contribution in [3.8, 4) is 0 Å². The van der Waals surface area contributed by atoms with Crippen molar-refractivity contribution in [2.24, 2.45) is 0 Å². The van der Waals surface area contributed by atoms with Gasteiger partial charge in [0.25, 0.3) is 6.43 Å². The highest BCUT2D eigenvalue weighted by atomic mass is 32.1. The number of hydrogen-bond donors (Lipinski definition) is 1. The maximum absolute atomic E-state index is 12.7. The summed E-state index contributed by atoms with van der Waals surface area (Å²) in [4.78, 5) is 0.482. The molecule has 0 fully saturated rings. The van der Waals surface area contributed by atoms with Crippen molar-refractivity contribution in [3.05, 3.63) is 65.2 Å². The number of rotatable bonds is 3. The molecule has 0 aromatic heterocycles. The first-order chi connectivity index (χ1) is 8.59. The van der Waals surface area contributed by atoms with Gasteiger partial charge in [0.15, 0.2) is 0 Å². The quantitative estimate of drug-likeness (QED) is 0.515. The van der Waals surface area contributed by atoms with Crippen molar-refractivity contribution >= 4 is 22.8 Å². The SMILES string of the molecule is Nc1ccc(C(F)F)cc1C(=S)c1ccccc1. The third-order valence-electron chi connectivity index (χ3n) is 2.61. The minimum Gasteiger partial charge on any atom is -0.398 e. The molecular formula is C14H11F2NS. The van der Waals surface area contributed by atoms with Gasteiger partial charge in [-0.2, -0.15) is 0 Å². The van der Waals surface area contributed by atoms with Crippen molar-refractivity contribution in [1.82, 2.24) is 0 Å². The van der Waals surface area contributed by atoms with Crippen LogP contribution in [0.4, 0.5) is 14.5 Å². The van der Waals surface area contributed by atoms with E-state index in [1.807, 2.05) is 30.3 Å². The lowest BCUT2D eigenvalue weighted by atomic mass is 10.0. The molecule has 2 N–H and O–H groups in total. The second-order valence-electron chi connectivity index (χ2n) is 3.84. The fourth-order valence-electron chi connectivity index (χ4n) is 1.65. The molecule has 2 aromatic carbocycles. The monoisotopic (exact) mass is 263 g/mol. The summed E-state index contributed by atoms with van der Waals surface area (Å²) in [5, 5.41) is 0. The molecule has 0 aliphatic heterocycles. The molecule has 0 spiro atoms. The van der Waals surface area contributed by atoms with Gasteiger partial charge in [0.2, 0.25) is 0 Å². The summed E-state index contributed by atoms with van der Waals surface area (Å²) < 4.78 is 25.3. The second-order valence-corrected chi connectivity index (χ2v) is 4.25. The molecule has 18 heavy (non-hydrogen) atoms. The van der Waals surface area contributed by atoms with Crippen LogP contribution in [0.5, 0.6) is 0 Å². The van der Waals surface area contributed by atoms with E-state index in [0.29, 0.717) is 16.1 Å². The van der Waals surface area contributed by atoms with E-state index in [9.17, 15) is 8.78 Å². The van der Waals surface area contributed by atoms with Crippen LogP contribution in [0, 0.1) is 0 Å². The van der Waals surface area contributed by atoms with Crippen molar-refractivity contribution in [1.29, 1.82) is 0 Å². The van der Waals surface area contributed by atoms with Crippen molar-refractivity contribution in [2.75, 3.05) is 5.73 Å². The van der Waals surface area contributed by atoms with Crippen LogP contribution in [-0.2, 0) is 0 Å². The first-order valence-electron chi connectivity index (χ1n) is 5.37. The predicted molar refractivity (Wildman–Crippen MR) is 73.1 cm³/mol. The zero-order valence-electron chi connectivity index (χ0n) is 9.44. The molecule has 2 aromatic rings. The number of hydrogen-bond acceptors (Lipinski definition) is 2. The van der Waals surface area contributed by atoms with Crippen LogP contribution in [0.15, 0.2) is 48.5 Å². The Morgan fingerprint density at radius 2 is 1.72 bits per heavy atom. The molecule has 0 saturated heterocycles. The Bertz CT molecular complexity index is 567. The molecule has 0 aliphatic carbocycles. The molecule has 1 nitrogen and oxygen atoms in total. The summed E-state index contributed by atoms with van der Waals surface area (Å²) in [6.45, 7) is 0. The Labute approximate surface area is 109 Å². The van der Waals surface area contributed by atoms with E-state index in [1.54, 1.807) is 0 Å². The summed E-state index contributed by atoms with van der Waals surface area (Å²) in [6, 6.07) is 13.3. The van der Waals surface area contributed by atoms with Gasteiger partial charge in [-0.15, -0.1) is 0 Å². The highest BCUT2D eigenvalue weighted by Crippen LogP contribution is 2.25. The fraction of sp³-hybridized carbons (Fsp3) is 0.0714. The van der Waals surface area contributed by atoms with E-state index in [4.69, 9.17) is 18.0 Å². The Morgan fingerprint density at radius 3 is 2.33 bits per heavy atom. The third-order valence-corrected chi connectivity index (χ3v) is 3.07. The van der Waals surface area contributed by atoms with Crippen molar-refractivity contribution < 1.29 is 8.78 Å². The average Bonchev–Trinajstić information content (AvgIpc) is 2.39. The van der Waals surface area contributed by atoms with Gasteiger partial charge in [-0.3, -0.25) is 0 Å². The van der Waals surface area contributed by atoms with Crippen LogP contribution in [0.3, 0.4) is 0 Å². The van der Waals surface area contributed by atoms with E-state index >= 15 is 0 Å². The number of thiocarbonyl (C=S) groups is 1. The zero-order valence-corrected chi connectivity index (χ0v) is 10.3. The van der Waals surface area contributed by atoms with Crippen LogP contribution >= 0.6 is 12.2 Å². The Morgan fingerprint density at radius 1 is 1.06 bits per heavy atom. The number of alkyl halides is 2. The summed E-state index contributed by atoms with van der Waals surface area (Å²) in [5.74, 6) is 0. The van der Waals surface area contributed by atoms with Gasteiger partial charge in [0.05, 0.1) is 4.86 Å². The molecule has 2 rings (SSSR count). The predicted octanol–water partition coefficient (Wildman–Crippen LogP) is 3.97. The summed E-state index contributed by atoms with van der Waals surface area (Å²) in [5.41, 5.74) is 7.41. The number of anilines is 1. The Kier molecular flexibility index (Phi) is 3.67. The number of benzene rings is 2. The van der Waals surface area contributed by atoms with Crippen LogP contribution in [0.2, 0.25) is 0 Å². The van der Waals surface area contributed by atoms with E-state index in [1.165, 1.54) is 18.2 Å². The maximum Gasteiger partial charge on any atom is 0.263 e. The molecule has 0 aliphatic rings. The lowest BCUT2D eigenvalue weighted by molar-refractivity contribution is 0.151.